The molecule has 0 heterocycles. The van der Waals surface area contributed by atoms with E-state index in [1.165, 1.54) is 0 Å². The third-order valence-electron chi connectivity index (χ3n) is 2.49. The smallest absolute Gasteiger partial charge is 0.137 e. The average molecular weight is 288 g/mol. The summed E-state index contributed by atoms with van der Waals surface area (Å²) >= 11 is 3.21. The van der Waals surface area contributed by atoms with Crippen LogP contribution >= 0.6 is 15.9 Å². The highest BCUT2D eigenvalue weighted by atomic mass is 79.9. The molecule has 1 aromatic rings. The maximum Gasteiger partial charge on any atom is 0.137 e. The van der Waals surface area contributed by atoms with Crippen molar-refractivity contribution in [1.82, 2.24) is 0 Å². The monoisotopic (exact) mass is 287 g/mol. The molecule has 0 aliphatic carbocycles. The van der Waals surface area contributed by atoms with Crippen LogP contribution in [0.2, 0.25) is 0 Å². The fourth-order valence-corrected chi connectivity index (χ4v) is 2.18. The van der Waals surface area contributed by atoms with E-state index >= 15 is 0 Å². The van der Waals surface area contributed by atoms with E-state index in [0.717, 1.165) is 17.7 Å². The van der Waals surface area contributed by atoms with E-state index in [2.05, 4.69) is 42.0 Å². The minimum absolute atomic E-state index is 0.209. The summed E-state index contributed by atoms with van der Waals surface area (Å²) in [5.41, 5.74) is 1.94. The van der Waals surface area contributed by atoms with Crippen molar-refractivity contribution >= 4 is 21.6 Å². The van der Waals surface area contributed by atoms with E-state index in [0.29, 0.717) is 16.4 Å². The molecule has 1 rings (SSSR count). The summed E-state index contributed by atoms with van der Waals surface area (Å²) in [5, 5.41) is 3.41. The predicted octanol–water partition coefficient (Wildman–Crippen LogP) is 4.74. The molecule has 3 heteroatoms. The second-order valence-corrected chi connectivity index (χ2v) is 5.61. The third kappa shape index (κ3) is 3.78. The topological polar surface area (TPSA) is 12.0 Å². The van der Waals surface area contributed by atoms with E-state index in [1.807, 2.05) is 13.0 Å². The van der Waals surface area contributed by atoms with Crippen molar-refractivity contribution in [3.05, 3.63) is 28.0 Å². The lowest BCUT2D eigenvalue weighted by Gasteiger charge is -2.19. The molecule has 0 aliphatic heterocycles. The fourth-order valence-electron chi connectivity index (χ4n) is 1.83. The van der Waals surface area contributed by atoms with Gasteiger partial charge in [0.1, 0.15) is 5.82 Å². The van der Waals surface area contributed by atoms with Gasteiger partial charge in [-0.1, -0.05) is 13.8 Å². The van der Waals surface area contributed by atoms with Gasteiger partial charge in [0.15, 0.2) is 0 Å². The number of nitrogens with one attached hydrogen (secondary N) is 1. The van der Waals surface area contributed by atoms with Gasteiger partial charge in [-0.15, -0.1) is 0 Å². The molecule has 90 valence electrons. The summed E-state index contributed by atoms with van der Waals surface area (Å²) in [6.45, 7) is 8.47. The number of rotatable bonds is 4. The Bertz CT molecular complexity index is 363. The highest BCUT2D eigenvalue weighted by molar-refractivity contribution is 9.10. The Morgan fingerprint density at radius 2 is 1.94 bits per heavy atom. The summed E-state index contributed by atoms with van der Waals surface area (Å²) in [5.74, 6) is 0.450. The average Bonchev–Trinajstić information content (AvgIpc) is 2.12. The summed E-state index contributed by atoms with van der Waals surface area (Å²) in [7, 11) is 0. The molecule has 0 aromatic heterocycles. The molecule has 1 atom stereocenters. The standard InChI is InChI=1S/C13H19BrFN/c1-8(2)5-10(4)16-13-7-11(14)12(15)6-9(13)3/h6-8,10,16H,5H2,1-4H3. The van der Waals surface area contributed by atoms with Crippen LogP contribution in [0.25, 0.3) is 0 Å². The van der Waals surface area contributed by atoms with Crippen LogP contribution in [0.15, 0.2) is 16.6 Å². The highest BCUT2D eigenvalue weighted by Gasteiger charge is 2.09. The first-order valence-electron chi connectivity index (χ1n) is 5.62. The van der Waals surface area contributed by atoms with Gasteiger partial charge in [-0.05, 0) is 59.8 Å². The Kier molecular flexibility index (Phi) is 4.78. The van der Waals surface area contributed by atoms with Crippen molar-refractivity contribution in [2.45, 2.75) is 40.2 Å². The summed E-state index contributed by atoms with van der Waals surface area (Å²) in [6.07, 6.45) is 1.11. The van der Waals surface area contributed by atoms with Gasteiger partial charge in [0.05, 0.1) is 4.47 Å². The molecule has 0 saturated heterocycles. The van der Waals surface area contributed by atoms with Gasteiger partial charge in [0.2, 0.25) is 0 Å². The van der Waals surface area contributed by atoms with Crippen LogP contribution in [0.1, 0.15) is 32.8 Å². The van der Waals surface area contributed by atoms with Crippen LogP contribution in [0, 0.1) is 18.7 Å². The molecule has 0 bridgehead atoms. The van der Waals surface area contributed by atoms with Gasteiger partial charge in [0, 0.05) is 11.7 Å². The van der Waals surface area contributed by atoms with E-state index < -0.39 is 0 Å². The maximum absolute atomic E-state index is 13.2. The number of hydrogen-bond donors (Lipinski definition) is 1. The largest absolute Gasteiger partial charge is 0.382 e. The van der Waals surface area contributed by atoms with Gasteiger partial charge in [-0.2, -0.15) is 0 Å². The van der Waals surface area contributed by atoms with E-state index in [1.54, 1.807) is 6.07 Å². The van der Waals surface area contributed by atoms with Crippen molar-refractivity contribution in [3.63, 3.8) is 0 Å². The molecule has 0 spiro atoms. The second-order valence-electron chi connectivity index (χ2n) is 4.76. The van der Waals surface area contributed by atoms with Crippen molar-refractivity contribution in [1.29, 1.82) is 0 Å². The quantitative estimate of drug-likeness (QED) is 0.843. The first-order chi connectivity index (χ1) is 7.40. The first-order valence-corrected chi connectivity index (χ1v) is 6.41. The fraction of sp³-hybridized carbons (Fsp3) is 0.538. The molecule has 0 amide bonds. The molecular weight excluding hydrogens is 269 g/mol. The van der Waals surface area contributed by atoms with Crippen LogP contribution in [-0.2, 0) is 0 Å². The third-order valence-corrected chi connectivity index (χ3v) is 3.10. The Morgan fingerprint density at radius 1 is 1.31 bits per heavy atom. The molecule has 1 nitrogen and oxygen atoms in total. The van der Waals surface area contributed by atoms with Gasteiger partial charge >= 0.3 is 0 Å². The number of anilines is 1. The Labute approximate surface area is 106 Å². The van der Waals surface area contributed by atoms with Crippen LogP contribution in [0.4, 0.5) is 10.1 Å². The van der Waals surface area contributed by atoms with Crippen molar-refractivity contribution in [3.8, 4) is 0 Å². The van der Waals surface area contributed by atoms with E-state index in [4.69, 9.17) is 0 Å². The second kappa shape index (κ2) is 5.67. The van der Waals surface area contributed by atoms with E-state index in [-0.39, 0.29) is 5.82 Å². The first kappa shape index (κ1) is 13.5. The van der Waals surface area contributed by atoms with Crippen molar-refractivity contribution in [2.75, 3.05) is 5.32 Å². The SMILES string of the molecule is Cc1cc(F)c(Br)cc1NC(C)CC(C)C. The zero-order valence-corrected chi connectivity index (χ0v) is 11.9. The molecule has 0 radical (unpaired) electrons. The number of halogens is 2. The molecule has 0 aliphatic rings. The molecule has 1 aromatic carbocycles. The van der Waals surface area contributed by atoms with Crippen LogP contribution in [0.5, 0.6) is 0 Å². The zero-order valence-electron chi connectivity index (χ0n) is 10.3. The minimum atomic E-state index is -0.209. The van der Waals surface area contributed by atoms with E-state index in [9.17, 15) is 4.39 Å². The Hall–Kier alpha value is -0.570. The van der Waals surface area contributed by atoms with Crippen molar-refractivity contribution < 1.29 is 4.39 Å². The van der Waals surface area contributed by atoms with Gasteiger partial charge < -0.3 is 5.32 Å². The summed E-state index contributed by atoms with van der Waals surface area (Å²) in [6, 6.07) is 3.76. The summed E-state index contributed by atoms with van der Waals surface area (Å²) in [4.78, 5) is 0. The Morgan fingerprint density at radius 3 is 2.50 bits per heavy atom. The molecule has 16 heavy (non-hydrogen) atoms. The lowest BCUT2D eigenvalue weighted by molar-refractivity contribution is 0.539. The van der Waals surface area contributed by atoms with Gasteiger partial charge in [-0.3, -0.25) is 0 Å². The normalized spacial score (nSPS) is 12.9. The maximum atomic E-state index is 13.2. The zero-order chi connectivity index (χ0) is 12.3. The number of aryl methyl sites for hydroxylation is 1. The van der Waals surface area contributed by atoms with Gasteiger partial charge in [0.25, 0.3) is 0 Å². The molecular formula is C13H19BrFN. The molecule has 1 N–H and O–H groups in total. The molecule has 0 saturated carbocycles. The van der Waals surface area contributed by atoms with Crippen LogP contribution < -0.4 is 5.32 Å². The number of hydrogen-bond acceptors (Lipinski definition) is 1. The summed E-state index contributed by atoms with van der Waals surface area (Å²) < 4.78 is 13.7. The lowest BCUT2D eigenvalue weighted by Crippen LogP contribution is -2.18. The lowest BCUT2D eigenvalue weighted by atomic mass is 10.0. The van der Waals surface area contributed by atoms with Gasteiger partial charge in [-0.25, -0.2) is 4.39 Å². The van der Waals surface area contributed by atoms with Crippen molar-refractivity contribution in [2.24, 2.45) is 5.92 Å². The Balaban J connectivity index is 2.77. The minimum Gasteiger partial charge on any atom is -0.382 e. The molecule has 1 unspecified atom stereocenters. The van der Waals surface area contributed by atoms with Crippen LogP contribution in [0.3, 0.4) is 0 Å². The number of benzene rings is 1. The van der Waals surface area contributed by atoms with Crippen LogP contribution in [-0.4, -0.2) is 6.04 Å². The highest BCUT2D eigenvalue weighted by Crippen LogP contribution is 2.25. The molecule has 0 fully saturated rings. The predicted molar refractivity (Wildman–Crippen MR) is 71.4 cm³/mol.